The number of nitrogens with zero attached hydrogens (tertiary/aromatic N) is 4. The maximum Gasteiger partial charge on any atom is 0.352 e. The van der Waals surface area contributed by atoms with Crippen molar-refractivity contribution in [1.29, 1.82) is 0 Å². The van der Waals surface area contributed by atoms with Crippen LogP contribution in [0.2, 0.25) is 5.02 Å². The number of aryl methyl sites for hydroxylation is 3. The Morgan fingerprint density at radius 2 is 1.86 bits per heavy atom. The molecule has 2 aliphatic heterocycles. The molecule has 1 saturated heterocycles. The second-order valence-electron chi connectivity index (χ2n) is 13.7. The highest BCUT2D eigenvalue weighted by Crippen LogP contribution is 2.45. The predicted octanol–water partition coefficient (Wildman–Crippen LogP) is 9.07. The Labute approximate surface area is 297 Å². The smallest absolute Gasteiger partial charge is 0.352 e. The lowest BCUT2D eigenvalue weighted by atomic mass is 9.95. The molecule has 10 heteroatoms. The number of hydrogen-bond acceptors (Lipinski definition) is 5. The second kappa shape index (κ2) is 15.0. The quantitative estimate of drug-likeness (QED) is 0.147. The van der Waals surface area contributed by atoms with Crippen LogP contribution in [0.1, 0.15) is 73.6 Å². The van der Waals surface area contributed by atoms with Crippen LogP contribution in [0.4, 0.5) is 10.2 Å². The summed E-state index contributed by atoms with van der Waals surface area (Å²) < 4.78 is 29.7. The Morgan fingerprint density at radius 3 is 2.66 bits per heavy atom. The fraction of sp³-hybridized carbons (Fsp3) is 0.450. The molecule has 0 spiro atoms. The lowest BCUT2D eigenvalue weighted by molar-refractivity contribution is 0.0644. The maximum absolute atomic E-state index is 13.8. The molecule has 264 valence electrons. The lowest BCUT2D eigenvalue weighted by Crippen LogP contribution is -2.29. The fourth-order valence-electron chi connectivity index (χ4n) is 8.11. The summed E-state index contributed by atoms with van der Waals surface area (Å²) in [6.07, 6.45) is 7.98. The third-order valence-electron chi connectivity index (χ3n) is 10.6. The summed E-state index contributed by atoms with van der Waals surface area (Å²) in [6, 6.07) is 14.2. The van der Waals surface area contributed by atoms with Gasteiger partial charge in [-0.25, -0.2) is 9.18 Å². The highest BCUT2D eigenvalue weighted by Gasteiger charge is 2.31. The molecule has 4 heterocycles. The highest BCUT2D eigenvalue weighted by molar-refractivity contribution is 6.35. The Morgan fingerprint density at radius 1 is 1.06 bits per heavy atom. The number of carbonyl (C=O) groups is 1. The minimum absolute atomic E-state index is 0.287. The molecular weight excluding hydrogens is 655 g/mol. The molecule has 2 aromatic heterocycles. The minimum atomic E-state index is -0.939. The van der Waals surface area contributed by atoms with E-state index in [0.29, 0.717) is 48.4 Å². The molecular formula is C40H46ClFN4O4. The number of aromatic carboxylic acids is 1. The molecule has 1 fully saturated rings. The number of ether oxygens (including phenoxy) is 2. The molecule has 0 radical (unpaired) electrons. The summed E-state index contributed by atoms with van der Waals surface area (Å²) in [6.45, 7) is 6.58. The van der Waals surface area contributed by atoms with Crippen molar-refractivity contribution in [2.45, 2.75) is 71.3 Å². The molecule has 0 bridgehead atoms. The number of carboxylic acid groups (broad SMARTS) is 1. The topological polar surface area (TPSA) is 81.8 Å². The number of rotatable bonds is 10. The van der Waals surface area contributed by atoms with Gasteiger partial charge in [-0.1, -0.05) is 36.7 Å². The van der Waals surface area contributed by atoms with E-state index in [4.69, 9.17) is 26.2 Å². The Balaban J connectivity index is 1.28. The summed E-state index contributed by atoms with van der Waals surface area (Å²) in [7, 11) is 2.00. The Hall–Kier alpha value is -4.08. The van der Waals surface area contributed by atoms with E-state index in [1.165, 1.54) is 12.1 Å². The van der Waals surface area contributed by atoms with Crippen molar-refractivity contribution in [3.05, 3.63) is 76.3 Å². The van der Waals surface area contributed by atoms with E-state index in [0.717, 1.165) is 121 Å². The summed E-state index contributed by atoms with van der Waals surface area (Å²) in [5.41, 5.74) is 4.96. The van der Waals surface area contributed by atoms with Gasteiger partial charge in [0.15, 0.2) is 5.82 Å². The molecule has 1 N–H and O–H groups in total. The van der Waals surface area contributed by atoms with Crippen molar-refractivity contribution in [3.63, 3.8) is 0 Å². The third kappa shape index (κ3) is 6.70. The summed E-state index contributed by atoms with van der Waals surface area (Å²) in [4.78, 5) is 15.6. The van der Waals surface area contributed by atoms with E-state index < -0.39 is 5.97 Å². The number of halogens is 2. The van der Waals surface area contributed by atoms with Gasteiger partial charge in [0.1, 0.15) is 17.3 Å². The molecule has 50 heavy (non-hydrogen) atoms. The van der Waals surface area contributed by atoms with Crippen LogP contribution in [0, 0.1) is 11.7 Å². The number of aromatic nitrogens is 3. The van der Waals surface area contributed by atoms with E-state index in [-0.39, 0.29) is 5.82 Å². The molecule has 5 aromatic rings. The number of anilines is 1. The number of hydrogen-bond donors (Lipinski definition) is 1. The van der Waals surface area contributed by atoms with Gasteiger partial charge in [0, 0.05) is 61.9 Å². The van der Waals surface area contributed by atoms with Crippen molar-refractivity contribution in [2.75, 3.05) is 37.8 Å². The van der Waals surface area contributed by atoms with Gasteiger partial charge in [-0.05, 0) is 105 Å². The average molecular weight is 701 g/mol. The molecule has 8 nitrogen and oxygen atoms in total. The average Bonchev–Trinajstić information content (AvgIpc) is 3.60. The van der Waals surface area contributed by atoms with Crippen LogP contribution in [-0.2, 0) is 31.2 Å². The van der Waals surface area contributed by atoms with Crippen molar-refractivity contribution in [3.8, 4) is 16.9 Å². The van der Waals surface area contributed by atoms with Gasteiger partial charge in [-0.15, -0.1) is 0 Å². The minimum Gasteiger partial charge on any atom is -0.493 e. The van der Waals surface area contributed by atoms with Crippen molar-refractivity contribution >= 4 is 45.1 Å². The number of carboxylic acids is 1. The van der Waals surface area contributed by atoms with Crippen molar-refractivity contribution in [1.82, 2.24) is 14.3 Å². The van der Waals surface area contributed by atoms with E-state index in [9.17, 15) is 14.3 Å². The van der Waals surface area contributed by atoms with Crippen LogP contribution in [0.5, 0.6) is 5.75 Å². The van der Waals surface area contributed by atoms with Gasteiger partial charge in [0.25, 0.3) is 0 Å². The number of benzene rings is 3. The first kappa shape index (κ1) is 34.4. The Bertz CT molecular complexity index is 2010. The van der Waals surface area contributed by atoms with Crippen molar-refractivity contribution in [2.24, 2.45) is 13.0 Å². The van der Waals surface area contributed by atoms with Crippen LogP contribution in [-0.4, -0.2) is 58.3 Å². The van der Waals surface area contributed by atoms with Gasteiger partial charge in [-0.2, -0.15) is 5.10 Å². The van der Waals surface area contributed by atoms with Crippen molar-refractivity contribution < 1.29 is 23.8 Å². The maximum atomic E-state index is 13.8. The molecule has 0 unspecified atom stereocenters. The normalized spacial score (nSPS) is 15.7. The molecule has 0 aliphatic carbocycles. The first-order valence-electron chi connectivity index (χ1n) is 18.1. The molecule has 0 amide bonds. The monoisotopic (exact) mass is 700 g/mol. The lowest BCUT2D eigenvalue weighted by Gasteiger charge is -2.28. The second-order valence-corrected chi connectivity index (χ2v) is 14.1. The largest absolute Gasteiger partial charge is 0.493 e. The first-order valence-corrected chi connectivity index (χ1v) is 18.5. The van der Waals surface area contributed by atoms with Crippen LogP contribution in [0.15, 0.2) is 48.5 Å². The van der Waals surface area contributed by atoms with E-state index in [1.54, 1.807) is 6.07 Å². The zero-order chi connectivity index (χ0) is 34.8. The predicted molar refractivity (Wildman–Crippen MR) is 197 cm³/mol. The highest BCUT2D eigenvalue weighted by atomic mass is 35.5. The molecule has 0 saturated carbocycles. The molecule has 3 aromatic carbocycles. The summed E-state index contributed by atoms with van der Waals surface area (Å²) in [5.74, 6) is 1.03. The third-order valence-corrected chi connectivity index (χ3v) is 10.9. The van der Waals surface area contributed by atoms with Gasteiger partial charge in [0.2, 0.25) is 0 Å². The van der Waals surface area contributed by atoms with Crippen LogP contribution in [0.25, 0.3) is 32.8 Å². The summed E-state index contributed by atoms with van der Waals surface area (Å²) in [5, 5.41) is 19.1. The van der Waals surface area contributed by atoms with E-state index in [1.807, 2.05) is 46.6 Å². The van der Waals surface area contributed by atoms with Gasteiger partial charge < -0.3 is 24.0 Å². The SMILES string of the molecule is CCc1c2c(nn1C)N(CCC1CCOCC1)CCCCCn1c(C(=O)O)c(CCCOc3cccc4cc(F)ccc34)c3ccc(Cl)c-2c31. The van der Waals surface area contributed by atoms with Crippen LogP contribution in [0.3, 0.4) is 0 Å². The summed E-state index contributed by atoms with van der Waals surface area (Å²) >= 11 is 7.20. The number of fused-ring (bicyclic) bond motifs is 3. The first-order chi connectivity index (χ1) is 24.4. The van der Waals surface area contributed by atoms with Gasteiger partial charge in [-0.3, -0.25) is 4.68 Å². The standard InChI is InChI=1S/C40H46ClFN4O4/c1-3-33-36-35-32(41)15-14-31-30(10-8-22-50-34-11-7-9-27-25-28(42)12-13-29(27)34)38(40(47)48)46(37(31)35)20-6-4-5-19-45(39(36)43-44(33)2)21-16-26-17-23-49-24-18-26/h7,9,11-15,25-26H,3-6,8,10,16-24H2,1-2H3,(H,47,48). The van der Waals surface area contributed by atoms with Crippen LogP contribution >= 0.6 is 11.6 Å². The zero-order valence-corrected chi connectivity index (χ0v) is 29.8. The van der Waals surface area contributed by atoms with E-state index in [2.05, 4.69) is 11.8 Å². The molecule has 0 atom stereocenters. The van der Waals surface area contributed by atoms with Crippen LogP contribution < -0.4 is 9.64 Å². The molecule has 2 aliphatic rings. The molecule has 7 rings (SSSR count). The van der Waals surface area contributed by atoms with E-state index >= 15 is 0 Å². The zero-order valence-electron chi connectivity index (χ0n) is 29.0. The van der Waals surface area contributed by atoms with Gasteiger partial charge >= 0.3 is 5.97 Å². The fourth-order valence-corrected chi connectivity index (χ4v) is 8.35. The Kier molecular flexibility index (Phi) is 10.3. The van der Waals surface area contributed by atoms with Gasteiger partial charge in [0.05, 0.1) is 22.7 Å².